The molecule has 0 saturated heterocycles. The second-order valence-electron chi connectivity index (χ2n) is 2.55. The molecule has 1 rings (SSSR count). The summed E-state index contributed by atoms with van der Waals surface area (Å²) in [5.41, 5.74) is 1.33. The average molecular weight is 283 g/mol. The number of aromatic hydroxyl groups is 1. The van der Waals surface area contributed by atoms with E-state index in [4.69, 9.17) is 10.5 Å². The molecule has 0 saturated carbocycles. The third-order valence-electron chi connectivity index (χ3n) is 1.56. The Labute approximate surface area is 98.6 Å². The molecule has 0 radical (unpaired) electrons. The number of halogens is 2. The summed E-state index contributed by atoms with van der Waals surface area (Å²) in [5.74, 6) is -1.14. The summed E-state index contributed by atoms with van der Waals surface area (Å²) >= 11 is 2.92. The van der Waals surface area contributed by atoms with Gasteiger partial charge in [0, 0.05) is 0 Å². The van der Waals surface area contributed by atoms with Crippen LogP contribution >= 0.6 is 15.9 Å². The molecule has 0 aromatic heterocycles. The van der Waals surface area contributed by atoms with E-state index in [9.17, 15) is 9.50 Å². The predicted molar refractivity (Wildman–Crippen MR) is 58.0 cm³/mol. The molecular weight excluding hydrogens is 279 g/mol. The van der Waals surface area contributed by atoms with Gasteiger partial charge in [-0.25, -0.2) is 4.39 Å². The summed E-state index contributed by atoms with van der Waals surface area (Å²) in [6, 6.07) is 5.53. The van der Waals surface area contributed by atoms with Crippen LogP contribution in [0.2, 0.25) is 0 Å². The monoisotopic (exact) mass is 282 g/mol. The molecule has 0 unspecified atom stereocenters. The molecule has 0 aliphatic heterocycles. The largest absolute Gasteiger partial charge is 0.506 e. The Balaban J connectivity index is 3.09. The molecule has 0 spiro atoms. The average Bonchev–Trinajstić information content (AvgIpc) is 2.29. The highest BCUT2D eigenvalue weighted by atomic mass is 79.9. The van der Waals surface area contributed by atoms with E-state index in [0.29, 0.717) is 0 Å². The van der Waals surface area contributed by atoms with Crippen LogP contribution in [0.3, 0.4) is 0 Å². The number of phenols is 1. The fourth-order valence-corrected chi connectivity index (χ4v) is 1.16. The summed E-state index contributed by atoms with van der Waals surface area (Å²) in [4.78, 5) is 0. The number of anilines is 1. The zero-order valence-electron chi connectivity index (χ0n) is 7.70. The Kier molecular flexibility index (Phi) is 3.81. The SMILES string of the molecule is N#CC(C#N)=NNc1c(O)ccc(Br)c1F. The number of nitrogens with one attached hydrogen (secondary N) is 1. The van der Waals surface area contributed by atoms with E-state index in [2.05, 4.69) is 26.5 Å². The number of hydrogen-bond acceptors (Lipinski definition) is 5. The molecule has 0 aliphatic carbocycles. The minimum Gasteiger partial charge on any atom is -0.506 e. The highest BCUT2D eigenvalue weighted by Crippen LogP contribution is 2.31. The van der Waals surface area contributed by atoms with Crippen LogP contribution in [0, 0.1) is 28.5 Å². The first kappa shape index (κ1) is 12.0. The Morgan fingerprint density at radius 3 is 2.62 bits per heavy atom. The molecule has 0 heterocycles. The highest BCUT2D eigenvalue weighted by Gasteiger charge is 2.11. The van der Waals surface area contributed by atoms with Crippen LogP contribution in [0.5, 0.6) is 5.75 Å². The maximum atomic E-state index is 13.4. The molecule has 0 aliphatic rings. The van der Waals surface area contributed by atoms with Crippen molar-refractivity contribution in [1.82, 2.24) is 0 Å². The minimum absolute atomic E-state index is 0.124. The van der Waals surface area contributed by atoms with Gasteiger partial charge in [0.15, 0.2) is 5.82 Å². The topological polar surface area (TPSA) is 92.2 Å². The zero-order chi connectivity index (χ0) is 12.1. The summed E-state index contributed by atoms with van der Waals surface area (Å²) in [5, 5.41) is 29.4. The maximum Gasteiger partial charge on any atom is 0.237 e. The van der Waals surface area contributed by atoms with Gasteiger partial charge in [-0.3, -0.25) is 5.43 Å². The quantitative estimate of drug-likeness (QED) is 0.494. The Bertz CT molecular complexity index is 514. The first-order valence-electron chi connectivity index (χ1n) is 3.91. The molecule has 0 amide bonds. The van der Waals surface area contributed by atoms with E-state index in [0.717, 1.165) is 0 Å². The fourth-order valence-electron chi connectivity index (χ4n) is 0.834. The lowest BCUT2D eigenvalue weighted by molar-refractivity contribution is 0.471. The van der Waals surface area contributed by atoms with Crippen molar-refractivity contribution in [2.24, 2.45) is 5.10 Å². The second-order valence-corrected chi connectivity index (χ2v) is 3.41. The predicted octanol–water partition coefficient (Wildman–Crippen LogP) is 2.11. The molecule has 16 heavy (non-hydrogen) atoms. The first-order valence-corrected chi connectivity index (χ1v) is 4.70. The normalized spacial score (nSPS) is 8.75. The van der Waals surface area contributed by atoms with Crippen LogP contribution in [0.1, 0.15) is 0 Å². The van der Waals surface area contributed by atoms with Crippen molar-refractivity contribution in [3.8, 4) is 17.9 Å². The third kappa shape index (κ3) is 2.47. The number of hydrogen-bond donors (Lipinski definition) is 2. The Morgan fingerprint density at radius 2 is 2.06 bits per heavy atom. The number of hydrazone groups is 1. The molecule has 80 valence electrons. The number of benzene rings is 1. The number of nitrogens with zero attached hydrogens (tertiary/aromatic N) is 3. The molecule has 2 N–H and O–H groups in total. The van der Waals surface area contributed by atoms with E-state index in [1.165, 1.54) is 24.3 Å². The van der Waals surface area contributed by atoms with Gasteiger partial charge in [-0.05, 0) is 28.1 Å². The van der Waals surface area contributed by atoms with Gasteiger partial charge in [0.25, 0.3) is 0 Å². The Morgan fingerprint density at radius 1 is 1.44 bits per heavy atom. The van der Waals surface area contributed by atoms with Crippen LogP contribution in [0.4, 0.5) is 10.1 Å². The van der Waals surface area contributed by atoms with Crippen molar-refractivity contribution in [3.05, 3.63) is 22.4 Å². The van der Waals surface area contributed by atoms with Crippen molar-refractivity contribution < 1.29 is 9.50 Å². The van der Waals surface area contributed by atoms with Crippen LogP contribution in [-0.4, -0.2) is 10.8 Å². The van der Waals surface area contributed by atoms with Crippen molar-refractivity contribution in [2.45, 2.75) is 0 Å². The van der Waals surface area contributed by atoms with Crippen molar-refractivity contribution in [2.75, 3.05) is 5.43 Å². The van der Waals surface area contributed by atoms with E-state index in [1.807, 2.05) is 0 Å². The van der Waals surface area contributed by atoms with Gasteiger partial charge in [-0.15, -0.1) is 0 Å². The molecular formula is C9H4BrFN4O. The van der Waals surface area contributed by atoms with Gasteiger partial charge < -0.3 is 5.11 Å². The van der Waals surface area contributed by atoms with Gasteiger partial charge in [-0.2, -0.15) is 15.6 Å². The first-order chi connectivity index (χ1) is 7.60. The van der Waals surface area contributed by atoms with E-state index in [-0.39, 0.29) is 15.9 Å². The molecule has 0 bridgehead atoms. The lowest BCUT2D eigenvalue weighted by Crippen LogP contribution is -1.99. The highest BCUT2D eigenvalue weighted by molar-refractivity contribution is 9.10. The number of nitriles is 2. The fraction of sp³-hybridized carbons (Fsp3) is 0. The smallest absolute Gasteiger partial charge is 0.237 e. The van der Waals surface area contributed by atoms with Gasteiger partial charge in [0.05, 0.1) is 4.47 Å². The van der Waals surface area contributed by atoms with Gasteiger partial charge in [0.1, 0.15) is 23.6 Å². The third-order valence-corrected chi connectivity index (χ3v) is 2.18. The molecule has 0 atom stereocenters. The summed E-state index contributed by atoms with van der Waals surface area (Å²) in [6.07, 6.45) is 0. The molecule has 5 nitrogen and oxygen atoms in total. The summed E-state index contributed by atoms with van der Waals surface area (Å²) in [6.45, 7) is 0. The molecule has 0 fully saturated rings. The van der Waals surface area contributed by atoms with Crippen LogP contribution in [0.15, 0.2) is 21.7 Å². The second kappa shape index (κ2) is 5.10. The van der Waals surface area contributed by atoms with Crippen LogP contribution in [-0.2, 0) is 0 Å². The van der Waals surface area contributed by atoms with E-state index >= 15 is 0 Å². The lowest BCUT2D eigenvalue weighted by Gasteiger charge is -2.05. The van der Waals surface area contributed by atoms with E-state index < -0.39 is 11.5 Å². The Hall–Kier alpha value is -2.12. The lowest BCUT2D eigenvalue weighted by atomic mass is 10.3. The standard InChI is InChI=1S/C9H4BrFN4O/c10-6-1-2-7(16)9(8(6)11)15-14-5(3-12)4-13/h1-2,15-16H. The molecule has 7 heteroatoms. The number of phenolic OH excluding ortho intramolecular Hbond substituents is 1. The summed E-state index contributed by atoms with van der Waals surface area (Å²) < 4.78 is 13.5. The van der Waals surface area contributed by atoms with Crippen LogP contribution in [0.25, 0.3) is 0 Å². The van der Waals surface area contributed by atoms with E-state index in [1.54, 1.807) is 0 Å². The molecule has 1 aromatic carbocycles. The minimum atomic E-state index is -0.765. The summed E-state index contributed by atoms with van der Waals surface area (Å²) in [7, 11) is 0. The van der Waals surface area contributed by atoms with Crippen molar-refractivity contribution in [3.63, 3.8) is 0 Å². The maximum absolute atomic E-state index is 13.4. The zero-order valence-corrected chi connectivity index (χ0v) is 9.29. The van der Waals surface area contributed by atoms with Crippen LogP contribution < -0.4 is 5.43 Å². The molecule has 1 aromatic rings. The van der Waals surface area contributed by atoms with Crippen molar-refractivity contribution >= 4 is 27.3 Å². The van der Waals surface area contributed by atoms with Gasteiger partial charge in [0.2, 0.25) is 5.71 Å². The number of rotatable bonds is 2. The van der Waals surface area contributed by atoms with Crippen molar-refractivity contribution in [1.29, 1.82) is 10.5 Å². The van der Waals surface area contributed by atoms with Gasteiger partial charge in [-0.1, -0.05) is 0 Å². The van der Waals surface area contributed by atoms with Gasteiger partial charge >= 0.3 is 0 Å².